The van der Waals surface area contributed by atoms with Crippen molar-refractivity contribution >= 4 is 133 Å². The maximum Gasteiger partial charge on any atom is 0.397 e. The Kier molecular flexibility index (Phi) is 17.1. The number of benzene rings is 5. The number of nitrogens with zero attached hydrogens (tertiary/aromatic N) is 7. The molecule has 0 amide bonds. The summed E-state index contributed by atoms with van der Waals surface area (Å²) < 4.78 is 237. The summed E-state index contributed by atoms with van der Waals surface area (Å²) in [6.45, 7) is -1.84. The van der Waals surface area contributed by atoms with E-state index in [1.165, 1.54) is 12.1 Å². The number of aromatic nitrogens is 3. The quantitative estimate of drug-likeness (QED) is 0.0322. The molecule has 5 aromatic carbocycles. The highest BCUT2D eigenvalue weighted by Gasteiger charge is 2.26. The standard InChI is InChI=1S/C36H33FN10O22S7/c37-34-41-35(39-20-1-6-23(7-2-20)70(49,50)15-13-68-75(62,63)64)43-36(42-34)40-22-5-12-29(73(56,57)58)28(17-22)45-47-32-30(74(59,60)61)18-26-25(33(32)48)10-11-27(38-19-72(53,54)55)31(26)46-44-21-3-8-24(9-4-21)71(51,52)16-14-69-76(65,66)67/h1-12,17-18,38,48H,13-16,19H2,(H,53,54,55)(H,56,57,58)(H,59,60,61)(H,62,63,64)(H,65,66,67)(H2,39,40,41,42,43)/b46-44+,47-45+. The van der Waals surface area contributed by atoms with Gasteiger partial charge in [-0.2, -0.15) is 66.5 Å². The minimum absolute atomic E-state index is 0.0774. The molecular weight excluding hydrogens is 1170 g/mol. The fourth-order valence-corrected chi connectivity index (χ4v) is 10.7. The molecule has 0 aliphatic heterocycles. The summed E-state index contributed by atoms with van der Waals surface area (Å²) in [7, 11) is -33.7. The number of halogens is 1. The van der Waals surface area contributed by atoms with Crippen molar-refractivity contribution in [2.45, 2.75) is 19.6 Å². The van der Waals surface area contributed by atoms with E-state index in [-0.39, 0.29) is 32.5 Å². The lowest BCUT2D eigenvalue weighted by Gasteiger charge is -2.14. The third-order valence-electron chi connectivity index (χ3n) is 9.39. The van der Waals surface area contributed by atoms with E-state index in [0.717, 1.165) is 66.7 Å². The Morgan fingerprint density at radius 2 is 1.03 bits per heavy atom. The molecule has 0 aliphatic rings. The highest BCUT2D eigenvalue weighted by molar-refractivity contribution is 7.92. The molecule has 76 heavy (non-hydrogen) atoms. The second-order valence-electron chi connectivity index (χ2n) is 14.7. The van der Waals surface area contributed by atoms with Crippen LogP contribution in [-0.4, -0.2) is 132 Å². The van der Waals surface area contributed by atoms with Crippen molar-refractivity contribution in [1.29, 1.82) is 0 Å². The van der Waals surface area contributed by atoms with Gasteiger partial charge < -0.3 is 21.1 Å². The number of fused-ring (bicyclic) bond motifs is 1. The summed E-state index contributed by atoms with van der Waals surface area (Å²) in [5, 5.41) is 33.4. The van der Waals surface area contributed by atoms with Gasteiger partial charge in [-0.1, -0.05) is 0 Å². The number of aromatic hydroxyl groups is 1. The Morgan fingerprint density at radius 3 is 1.54 bits per heavy atom. The zero-order valence-corrected chi connectivity index (χ0v) is 42.9. The summed E-state index contributed by atoms with van der Waals surface area (Å²) in [6, 6.07) is 14.0. The van der Waals surface area contributed by atoms with Crippen molar-refractivity contribution in [3.8, 4) is 5.75 Å². The van der Waals surface area contributed by atoms with Crippen LogP contribution in [0.2, 0.25) is 0 Å². The molecule has 1 heterocycles. The summed E-state index contributed by atoms with van der Waals surface area (Å²) >= 11 is 0. The van der Waals surface area contributed by atoms with Crippen LogP contribution in [0.4, 0.5) is 56.1 Å². The molecule has 0 saturated heterocycles. The topological polar surface area (TPSA) is 503 Å². The van der Waals surface area contributed by atoms with Crippen LogP contribution in [-0.2, 0) is 79.2 Å². The number of rotatable bonds is 23. The molecule has 1 aromatic heterocycles. The van der Waals surface area contributed by atoms with E-state index < -0.39 is 163 Å². The lowest BCUT2D eigenvalue weighted by Crippen LogP contribution is -2.15. The van der Waals surface area contributed by atoms with Crippen LogP contribution in [0.25, 0.3) is 10.8 Å². The van der Waals surface area contributed by atoms with Gasteiger partial charge in [0, 0.05) is 22.1 Å². The Bertz CT molecular complexity index is 4140. The fraction of sp³-hybridized carbons (Fsp3) is 0.139. The molecule has 9 N–H and O–H groups in total. The third-order valence-corrected chi connectivity index (χ3v) is 16.0. The Labute approximate surface area is 428 Å². The highest BCUT2D eigenvalue weighted by atomic mass is 32.3. The maximum absolute atomic E-state index is 14.7. The average molecular weight is 1200 g/mol. The molecule has 0 saturated carbocycles. The Balaban J connectivity index is 1.34. The predicted molar refractivity (Wildman–Crippen MR) is 258 cm³/mol. The molecule has 6 aromatic rings. The van der Waals surface area contributed by atoms with Crippen molar-refractivity contribution in [3.63, 3.8) is 0 Å². The number of sulfone groups is 2. The molecule has 6 rings (SSSR count). The second-order valence-corrected chi connectivity index (χ2v) is 25.4. The zero-order chi connectivity index (χ0) is 56.2. The van der Waals surface area contributed by atoms with E-state index in [9.17, 15) is 82.1 Å². The van der Waals surface area contributed by atoms with Gasteiger partial charge in [-0.15, -0.1) is 15.3 Å². The monoisotopic (exact) mass is 1200 g/mol. The first kappa shape index (κ1) is 58.3. The van der Waals surface area contributed by atoms with Crippen molar-refractivity contribution in [2.75, 3.05) is 46.5 Å². The molecular formula is C36H33FN10O22S7. The van der Waals surface area contributed by atoms with Gasteiger partial charge in [0.05, 0.1) is 45.9 Å². The second kappa shape index (κ2) is 22.3. The average Bonchev–Trinajstić information content (AvgIpc) is 3.28. The van der Waals surface area contributed by atoms with Crippen molar-refractivity contribution in [1.82, 2.24) is 15.0 Å². The minimum Gasteiger partial charge on any atom is -0.505 e. The van der Waals surface area contributed by atoms with Crippen LogP contribution in [0.15, 0.2) is 125 Å². The van der Waals surface area contributed by atoms with E-state index in [4.69, 9.17) is 9.11 Å². The molecule has 40 heteroatoms. The highest BCUT2D eigenvalue weighted by Crippen LogP contribution is 2.47. The van der Waals surface area contributed by atoms with Gasteiger partial charge in [0.2, 0.25) is 11.9 Å². The summed E-state index contributed by atoms with van der Waals surface area (Å²) in [4.78, 5) is 7.99. The van der Waals surface area contributed by atoms with E-state index in [2.05, 4.69) is 59.7 Å². The third kappa shape index (κ3) is 16.0. The van der Waals surface area contributed by atoms with Gasteiger partial charge in [-0.05, 0) is 84.9 Å². The Morgan fingerprint density at radius 1 is 0.526 bits per heavy atom. The first-order valence-corrected chi connectivity index (χ1v) is 30.4. The largest absolute Gasteiger partial charge is 0.505 e. The predicted octanol–water partition coefficient (Wildman–Crippen LogP) is 4.12. The van der Waals surface area contributed by atoms with Crippen molar-refractivity contribution in [3.05, 3.63) is 91.0 Å². The molecule has 0 aliphatic carbocycles. The molecule has 0 fully saturated rings. The van der Waals surface area contributed by atoms with Crippen LogP contribution in [0.1, 0.15) is 0 Å². The number of anilines is 5. The molecule has 0 atom stereocenters. The van der Waals surface area contributed by atoms with Gasteiger partial charge in [0.15, 0.2) is 25.4 Å². The van der Waals surface area contributed by atoms with Crippen molar-refractivity contribution < 1.29 is 99.6 Å². The number of azo groups is 2. The van der Waals surface area contributed by atoms with Gasteiger partial charge >= 0.3 is 26.9 Å². The van der Waals surface area contributed by atoms with Crippen LogP contribution in [0.5, 0.6) is 5.75 Å². The maximum atomic E-state index is 14.7. The number of hydrogen-bond donors (Lipinski definition) is 9. The first-order valence-electron chi connectivity index (χ1n) is 19.9. The number of phenolic OH excluding ortho intramolecular Hbond substituents is 1. The lowest BCUT2D eigenvalue weighted by molar-refractivity contribution is 0.282. The van der Waals surface area contributed by atoms with Gasteiger partial charge in [-0.25, -0.2) is 25.2 Å². The number of nitrogens with one attached hydrogen (secondary N) is 3. The first-order chi connectivity index (χ1) is 35.1. The van der Waals surface area contributed by atoms with Gasteiger partial charge in [0.25, 0.3) is 30.4 Å². The fourth-order valence-electron chi connectivity index (χ4n) is 6.14. The normalized spacial score (nSPS) is 13.1. The minimum atomic E-state index is -5.51. The molecule has 0 unspecified atom stereocenters. The number of phenols is 1. The molecule has 0 spiro atoms. The van der Waals surface area contributed by atoms with E-state index in [0.29, 0.717) is 6.07 Å². The molecule has 0 bridgehead atoms. The van der Waals surface area contributed by atoms with E-state index in [1.54, 1.807) is 0 Å². The SMILES string of the molecule is O=S(=O)(O)CNc1ccc2c(O)c(/N=N/c3cc(Nc4nc(F)nc(Nc5ccc(S(=O)(=O)CCOS(=O)(=O)O)cc5)n4)ccc3S(=O)(=O)O)c(S(=O)(=O)O)cc2c1/N=N/c1ccc(S(=O)(=O)CCOS(=O)(=O)O)cc1. The van der Waals surface area contributed by atoms with E-state index in [1.807, 2.05) is 0 Å². The zero-order valence-electron chi connectivity index (χ0n) is 37.2. The summed E-state index contributed by atoms with van der Waals surface area (Å²) in [5.41, 5.74) is -3.01. The van der Waals surface area contributed by atoms with Gasteiger partial charge in [-0.3, -0.25) is 22.8 Å². The van der Waals surface area contributed by atoms with Crippen LogP contribution >= 0.6 is 0 Å². The molecule has 0 radical (unpaired) electrons. The smallest absolute Gasteiger partial charge is 0.397 e. The van der Waals surface area contributed by atoms with Gasteiger partial charge in [0.1, 0.15) is 32.7 Å². The van der Waals surface area contributed by atoms with Crippen molar-refractivity contribution in [2.24, 2.45) is 20.5 Å². The Hall–Kier alpha value is -6.93. The lowest BCUT2D eigenvalue weighted by atomic mass is 10.1. The molecule has 32 nitrogen and oxygen atoms in total. The van der Waals surface area contributed by atoms with Crippen LogP contribution in [0, 0.1) is 6.08 Å². The number of hydrogen-bond acceptors (Lipinski definition) is 27. The van der Waals surface area contributed by atoms with Crippen LogP contribution in [0.3, 0.4) is 0 Å². The molecule has 408 valence electrons. The summed E-state index contributed by atoms with van der Waals surface area (Å²) in [5.74, 6) is -5.11. The summed E-state index contributed by atoms with van der Waals surface area (Å²) in [6.07, 6.45) is -1.41. The van der Waals surface area contributed by atoms with E-state index >= 15 is 0 Å². The van der Waals surface area contributed by atoms with Crippen LogP contribution < -0.4 is 16.0 Å².